The molecule has 0 bridgehead atoms. The predicted octanol–water partition coefficient (Wildman–Crippen LogP) is 2.88. The fourth-order valence-corrected chi connectivity index (χ4v) is 3.71. The summed E-state index contributed by atoms with van der Waals surface area (Å²) in [5.74, 6) is 1.15. The van der Waals surface area contributed by atoms with E-state index in [0.29, 0.717) is 24.2 Å². The minimum atomic E-state index is -0.402. The number of carbonyl (C=O) groups excluding carboxylic acids is 1. The molecular formula is C20H27NO4. The number of carbonyl (C=O) groups is 1. The van der Waals surface area contributed by atoms with Crippen molar-refractivity contribution in [1.82, 2.24) is 5.32 Å². The predicted molar refractivity (Wildman–Crippen MR) is 94.2 cm³/mol. The maximum Gasteiger partial charge on any atom is 0.285 e. The number of hydrogen-bond acceptors (Lipinski definition) is 4. The van der Waals surface area contributed by atoms with Gasteiger partial charge in [0.15, 0.2) is 5.76 Å². The van der Waals surface area contributed by atoms with Crippen LogP contribution in [0.5, 0.6) is 0 Å². The molecule has 2 atom stereocenters. The van der Waals surface area contributed by atoms with Gasteiger partial charge >= 0.3 is 0 Å². The third-order valence-electron chi connectivity index (χ3n) is 5.19. The highest BCUT2D eigenvalue weighted by molar-refractivity contribution is 5.91. The van der Waals surface area contributed by atoms with Crippen LogP contribution >= 0.6 is 0 Å². The summed E-state index contributed by atoms with van der Waals surface area (Å²) < 4.78 is 11.7. The number of hydrogen-bond donors (Lipinski definition) is 2. The van der Waals surface area contributed by atoms with E-state index < -0.39 is 6.29 Å². The van der Waals surface area contributed by atoms with Crippen LogP contribution in [0, 0.1) is 11.8 Å². The number of allylic oxidation sites excluding steroid dienone is 1. The Bertz CT molecular complexity index is 605. The summed E-state index contributed by atoms with van der Waals surface area (Å²) in [4.78, 5) is 12.0. The van der Waals surface area contributed by atoms with Crippen molar-refractivity contribution >= 4 is 5.91 Å². The van der Waals surface area contributed by atoms with E-state index in [1.807, 2.05) is 30.3 Å². The van der Waals surface area contributed by atoms with Crippen LogP contribution in [0.3, 0.4) is 0 Å². The van der Waals surface area contributed by atoms with E-state index >= 15 is 0 Å². The molecule has 0 radical (unpaired) electrons. The van der Waals surface area contributed by atoms with Gasteiger partial charge in [-0.05, 0) is 41.9 Å². The van der Waals surface area contributed by atoms with Gasteiger partial charge in [0.25, 0.3) is 5.91 Å². The molecule has 25 heavy (non-hydrogen) atoms. The maximum atomic E-state index is 12.0. The average Bonchev–Trinajstić information content (AvgIpc) is 3.20. The number of amides is 1. The quantitative estimate of drug-likeness (QED) is 0.832. The molecule has 1 aromatic rings. The summed E-state index contributed by atoms with van der Waals surface area (Å²) in [7, 11) is 1.62. The summed E-state index contributed by atoms with van der Waals surface area (Å²) in [6, 6.07) is 7.66. The SMILES string of the molecule is CNC(=O)C1=C[C@@H](C2CCCC2)C[C@@H](OCc2ccc(CO)cc2)O1. The number of rotatable bonds is 6. The highest BCUT2D eigenvalue weighted by Gasteiger charge is 2.33. The lowest BCUT2D eigenvalue weighted by molar-refractivity contribution is -0.155. The monoisotopic (exact) mass is 345 g/mol. The smallest absolute Gasteiger partial charge is 0.285 e. The number of aliphatic hydroxyl groups is 1. The first-order valence-corrected chi connectivity index (χ1v) is 9.10. The summed E-state index contributed by atoms with van der Waals surface area (Å²) in [6.45, 7) is 0.463. The Hall–Kier alpha value is -1.85. The van der Waals surface area contributed by atoms with Crippen LogP contribution in [-0.4, -0.2) is 24.4 Å². The molecule has 1 aliphatic carbocycles. The van der Waals surface area contributed by atoms with Gasteiger partial charge in [-0.2, -0.15) is 0 Å². The molecule has 2 N–H and O–H groups in total. The lowest BCUT2D eigenvalue weighted by atomic mass is 9.86. The van der Waals surface area contributed by atoms with Gasteiger partial charge in [-0.3, -0.25) is 4.79 Å². The Kier molecular flexibility index (Phi) is 6.10. The lowest BCUT2D eigenvalue weighted by Crippen LogP contribution is -2.33. The van der Waals surface area contributed by atoms with Gasteiger partial charge < -0.3 is 19.9 Å². The Balaban J connectivity index is 1.63. The zero-order valence-corrected chi connectivity index (χ0v) is 14.7. The molecule has 0 saturated heterocycles. The van der Waals surface area contributed by atoms with Gasteiger partial charge in [-0.1, -0.05) is 37.1 Å². The Morgan fingerprint density at radius 2 is 1.92 bits per heavy atom. The van der Waals surface area contributed by atoms with Crippen LogP contribution in [0.2, 0.25) is 0 Å². The molecule has 5 nitrogen and oxygen atoms in total. The molecule has 3 rings (SSSR count). The topological polar surface area (TPSA) is 67.8 Å². The van der Waals surface area contributed by atoms with Crippen molar-refractivity contribution in [3.05, 3.63) is 47.2 Å². The number of ether oxygens (including phenoxy) is 2. The largest absolute Gasteiger partial charge is 0.459 e. The summed E-state index contributed by atoms with van der Waals surface area (Å²) in [6.07, 6.45) is 7.36. The van der Waals surface area contributed by atoms with E-state index in [1.54, 1.807) is 7.05 Å². The first-order valence-electron chi connectivity index (χ1n) is 9.10. The van der Waals surface area contributed by atoms with Crippen molar-refractivity contribution in [2.24, 2.45) is 11.8 Å². The van der Waals surface area contributed by atoms with Crippen molar-refractivity contribution in [3.8, 4) is 0 Å². The zero-order chi connectivity index (χ0) is 17.6. The van der Waals surface area contributed by atoms with E-state index in [9.17, 15) is 4.79 Å². The van der Waals surface area contributed by atoms with Crippen molar-refractivity contribution in [2.45, 2.75) is 51.6 Å². The molecule has 5 heteroatoms. The van der Waals surface area contributed by atoms with Gasteiger partial charge in [0, 0.05) is 13.5 Å². The summed E-state index contributed by atoms with van der Waals surface area (Å²) >= 11 is 0. The molecule has 0 unspecified atom stereocenters. The average molecular weight is 345 g/mol. The fraction of sp³-hybridized carbons (Fsp3) is 0.550. The van der Waals surface area contributed by atoms with Gasteiger partial charge in [0.05, 0.1) is 13.2 Å². The highest BCUT2D eigenvalue weighted by atomic mass is 16.7. The number of nitrogens with one attached hydrogen (secondary N) is 1. The number of benzene rings is 1. The molecule has 1 fully saturated rings. The first kappa shape index (κ1) is 18.0. The molecule has 1 aliphatic heterocycles. The van der Waals surface area contributed by atoms with Crippen LogP contribution in [0.25, 0.3) is 0 Å². The van der Waals surface area contributed by atoms with E-state index in [4.69, 9.17) is 14.6 Å². The molecule has 0 spiro atoms. The highest BCUT2D eigenvalue weighted by Crippen LogP contribution is 2.38. The first-order chi connectivity index (χ1) is 12.2. The van der Waals surface area contributed by atoms with Crippen LogP contribution in [-0.2, 0) is 27.5 Å². The molecule has 2 aliphatic rings. The van der Waals surface area contributed by atoms with Crippen LogP contribution in [0.15, 0.2) is 36.1 Å². The van der Waals surface area contributed by atoms with E-state index in [-0.39, 0.29) is 12.5 Å². The van der Waals surface area contributed by atoms with Gasteiger partial charge in [0.1, 0.15) is 0 Å². The molecule has 0 aromatic heterocycles. The van der Waals surface area contributed by atoms with Gasteiger partial charge in [0.2, 0.25) is 6.29 Å². The molecular weight excluding hydrogens is 318 g/mol. The number of likely N-dealkylation sites (N-methyl/N-ethyl adjacent to an activating group) is 1. The van der Waals surface area contributed by atoms with Crippen LogP contribution in [0.1, 0.15) is 43.2 Å². The lowest BCUT2D eigenvalue weighted by Gasteiger charge is -2.31. The molecule has 1 aromatic carbocycles. The normalized spacial score (nSPS) is 23.8. The zero-order valence-electron chi connectivity index (χ0n) is 14.7. The second-order valence-corrected chi connectivity index (χ2v) is 6.89. The van der Waals surface area contributed by atoms with Gasteiger partial charge in [-0.25, -0.2) is 0 Å². The minimum Gasteiger partial charge on any atom is -0.459 e. The molecule has 1 amide bonds. The Labute approximate surface area is 149 Å². The second-order valence-electron chi connectivity index (χ2n) is 6.89. The van der Waals surface area contributed by atoms with E-state index in [0.717, 1.165) is 17.5 Å². The van der Waals surface area contributed by atoms with Crippen molar-refractivity contribution in [2.75, 3.05) is 7.05 Å². The third-order valence-corrected chi connectivity index (χ3v) is 5.19. The van der Waals surface area contributed by atoms with Crippen molar-refractivity contribution in [1.29, 1.82) is 0 Å². The standard InChI is InChI=1S/C20H27NO4/c1-21-20(23)18-10-17(16-4-2-3-5-16)11-19(25-18)24-13-15-8-6-14(12-22)7-9-15/h6-10,16-17,19,22H,2-5,11-13H2,1H3,(H,21,23)/t17-,19+/m1/s1. The molecule has 1 saturated carbocycles. The van der Waals surface area contributed by atoms with E-state index in [1.165, 1.54) is 25.7 Å². The summed E-state index contributed by atoms with van der Waals surface area (Å²) in [5, 5.41) is 11.7. The summed E-state index contributed by atoms with van der Waals surface area (Å²) in [5.41, 5.74) is 1.90. The van der Waals surface area contributed by atoms with E-state index in [2.05, 4.69) is 5.32 Å². The second kappa shape index (κ2) is 8.50. The van der Waals surface area contributed by atoms with Gasteiger partial charge in [-0.15, -0.1) is 0 Å². The third kappa shape index (κ3) is 4.61. The van der Waals surface area contributed by atoms with Crippen LogP contribution in [0.4, 0.5) is 0 Å². The molecule has 1 heterocycles. The van der Waals surface area contributed by atoms with Crippen LogP contribution < -0.4 is 5.32 Å². The fourth-order valence-electron chi connectivity index (χ4n) is 3.71. The minimum absolute atomic E-state index is 0.0379. The Morgan fingerprint density at radius 3 is 2.56 bits per heavy atom. The van der Waals surface area contributed by atoms with Crippen molar-refractivity contribution in [3.63, 3.8) is 0 Å². The molecule has 136 valence electrons. The number of aliphatic hydroxyl groups excluding tert-OH is 1. The Morgan fingerprint density at radius 1 is 1.24 bits per heavy atom. The maximum absolute atomic E-state index is 12.0. The van der Waals surface area contributed by atoms with Crippen molar-refractivity contribution < 1.29 is 19.4 Å².